The summed E-state index contributed by atoms with van der Waals surface area (Å²) in [7, 11) is 0. The van der Waals surface area contributed by atoms with E-state index < -0.39 is 0 Å². The Morgan fingerprint density at radius 2 is 1.72 bits per heavy atom. The first-order chi connectivity index (χ1) is 12.2. The number of thiazole rings is 1. The van der Waals surface area contributed by atoms with Crippen LogP contribution >= 0.6 is 11.3 Å². The fraction of sp³-hybridized carbons (Fsp3) is 0. The minimum absolute atomic E-state index is 0.307. The van der Waals surface area contributed by atoms with Gasteiger partial charge in [0.25, 0.3) is 5.91 Å². The average Bonchev–Trinajstić information content (AvgIpc) is 3.14. The van der Waals surface area contributed by atoms with Gasteiger partial charge >= 0.3 is 0 Å². The molecule has 1 heterocycles. The summed E-state index contributed by atoms with van der Waals surface area (Å²) in [6.45, 7) is 0. The quantitative estimate of drug-likeness (QED) is 0.683. The summed E-state index contributed by atoms with van der Waals surface area (Å²) in [6, 6.07) is 16.4. The topological polar surface area (TPSA) is 71.1 Å². The molecule has 0 unspecified atom stereocenters. The first kappa shape index (κ1) is 16.6. The number of para-hydroxylation sites is 1. The van der Waals surface area contributed by atoms with Gasteiger partial charge in [-0.25, -0.2) is 4.98 Å². The van der Waals surface area contributed by atoms with Crippen LogP contribution < -0.4 is 10.6 Å². The fourth-order valence-electron chi connectivity index (χ4n) is 2.15. The highest BCUT2D eigenvalue weighted by atomic mass is 32.1. The molecule has 0 aliphatic rings. The van der Waals surface area contributed by atoms with E-state index in [1.807, 2.05) is 30.3 Å². The van der Waals surface area contributed by atoms with Gasteiger partial charge in [-0.2, -0.15) is 0 Å². The molecule has 6 heteroatoms. The Balaban J connectivity index is 1.71. The van der Waals surface area contributed by atoms with Crippen LogP contribution in [0.25, 0.3) is 6.08 Å². The molecule has 0 radical (unpaired) electrons. The van der Waals surface area contributed by atoms with Gasteiger partial charge in [0.05, 0.1) is 11.3 Å². The number of anilines is 2. The molecule has 3 aromatic rings. The maximum atomic E-state index is 12.4. The Hall–Kier alpha value is -3.25. The molecule has 25 heavy (non-hydrogen) atoms. The second kappa shape index (κ2) is 8.03. The van der Waals surface area contributed by atoms with E-state index in [4.69, 9.17) is 0 Å². The number of rotatable bonds is 5. The van der Waals surface area contributed by atoms with E-state index in [-0.39, 0.29) is 11.8 Å². The summed E-state index contributed by atoms with van der Waals surface area (Å²) in [5.41, 5.74) is 1.74. The highest BCUT2D eigenvalue weighted by Crippen LogP contribution is 2.18. The Morgan fingerprint density at radius 1 is 0.960 bits per heavy atom. The lowest BCUT2D eigenvalue weighted by Gasteiger charge is -2.09. The second-order valence-electron chi connectivity index (χ2n) is 5.07. The summed E-state index contributed by atoms with van der Waals surface area (Å²) in [5.74, 6) is -0.628. The predicted molar refractivity (Wildman–Crippen MR) is 101 cm³/mol. The van der Waals surface area contributed by atoms with Gasteiger partial charge in [-0.1, -0.05) is 42.5 Å². The number of nitrogens with zero attached hydrogens (tertiary/aromatic N) is 1. The summed E-state index contributed by atoms with van der Waals surface area (Å²) in [5, 5.41) is 7.73. The van der Waals surface area contributed by atoms with Crippen molar-refractivity contribution >= 4 is 40.0 Å². The van der Waals surface area contributed by atoms with Crippen LogP contribution in [0.1, 0.15) is 15.9 Å². The van der Waals surface area contributed by atoms with Crippen molar-refractivity contribution in [2.24, 2.45) is 0 Å². The molecule has 1 aromatic heterocycles. The van der Waals surface area contributed by atoms with Gasteiger partial charge in [-0.3, -0.25) is 14.9 Å². The first-order valence-corrected chi connectivity index (χ1v) is 8.44. The molecule has 0 aliphatic carbocycles. The van der Waals surface area contributed by atoms with Gasteiger partial charge < -0.3 is 5.32 Å². The number of carbonyl (C=O) groups excluding carboxylic acids is 2. The van der Waals surface area contributed by atoms with E-state index in [0.29, 0.717) is 16.4 Å². The van der Waals surface area contributed by atoms with Crippen molar-refractivity contribution in [3.63, 3.8) is 0 Å². The molecular formula is C19H15N3O2S. The van der Waals surface area contributed by atoms with Gasteiger partial charge in [0, 0.05) is 17.7 Å². The van der Waals surface area contributed by atoms with Gasteiger partial charge in [0.2, 0.25) is 5.91 Å². The SMILES string of the molecule is O=C(/C=C/c1ccccc1)Nc1ccccc1C(=O)Nc1nccs1. The monoisotopic (exact) mass is 349 g/mol. The van der Waals surface area contributed by atoms with Crippen LogP contribution in [-0.2, 0) is 4.79 Å². The normalized spacial score (nSPS) is 10.6. The summed E-state index contributed by atoms with van der Waals surface area (Å²) >= 11 is 1.33. The van der Waals surface area contributed by atoms with Crippen LogP contribution in [-0.4, -0.2) is 16.8 Å². The minimum atomic E-state index is -0.321. The molecular weight excluding hydrogens is 334 g/mol. The van der Waals surface area contributed by atoms with Crippen LogP contribution in [0.4, 0.5) is 10.8 Å². The Morgan fingerprint density at radius 3 is 2.48 bits per heavy atom. The molecule has 124 valence electrons. The van der Waals surface area contributed by atoms with Crippen LogP contribution in [0, 0.1) is 0 Å². The first-order valence-electron chi connectivity index (χ1n) is 7.56. The third kappa shape index (κ3) is 4.62. The molecule has 0 atom stereocenters. The van der Waals surface area contributed by atoms with E-state index in [1.54, 1.807) is 41.9 Å². The van der Waals surface area contributed by atoms with E-state index in [1.165, 1.54) is 17.4 Å². The van der Waals surface area contributed by atoms with Crippen LogP contribution in [0.15, 0.2) is 72.3 Å². The van der Waals surface area contributed by atoms with E-state index in [2.05, 4.69) is 15.6 Å². The summed E-state index contributed by atoms with van der Waals surface area (Å²) < 4.78 is 0. The summed E-state index contributed by atoms with van der Waals surface area (Å²) in [6.07, 6.45) is 4.76. The maximum absolute atomic E-state index is 12.4. The smallest absolute Gasteiger partial charge is 0.259 e. The molecule has 0 bridgehead atoms. The lowest BCUT2D eigenvalue weighted by atomic mass is 10.1. The van der Waals surface area contributed by atoms with Crippen molar-refractivity contribution in [2.75, 3.05) is 10.6 Å². The fourth-order valence-corrected chi connectivity index (χ4v) is 2.67. The zero-order valence-electron chi connectivity index (χ0n) is 13.2. The van der Waals surface area contributed by atoms with Crippen molar-refractivity contribution < 1.29 is 9.59 Å². The van der Waals surface area contributed by atoms with Crippen LogP contribution in [0.2, 0.25) is 0 Å². The lowest BCUT2D eigenvalue weighted by Crippen LogP contribution is -2.16. The number of hydrogen-bond acceptors (Lipinski definition) is 4. The molecule has 0 saturated heterocycles. The molecule has 3 rings (SSSR count). The van der Waals surface area contributed by atoms with Crippen LogP contribution in [0.5, 0.6) is 0 Å². The second-order valence-corrected chi connectivity index (χ2v) is 5.96. The molecule has 2 N–H and O–H groups in total. The largest absolute Gasteiger partial charge is 0.322 e. The Bertz CT molecular complexity index is 890. The molecule has 0 fully saturated rings. The standard InChI is InChI=1S/C19H15N3O2S/c23-17(11-10-14-6-2-1-3-7-14)21-16-9-5-4-8-15(16)18(24)22-19-20-12-13-25-19/h1-13H,(H,21,23)(H,20,22,24)/b11-10+. The van der Waals surface area contributed by atoms with Gasteiger partial charge in [0.1, 0.15) is 0 Å². The number of carbonyl (C=O) groups is 2. The number of hydrogen-bond donors (Lipinski definition) is 2. The third-order valence-corrected chi connectivity index (χ3v) is 4.00. The lowest BCUT2D eigenvalue weighted by molar-refractivity contribution is -0.111. The predicted octanol–water partition coefficient (Wildman–Crippen LogP) is 4.05. The molecule has 2 aromatic carbocycles. The van der Waals surface area contributed by atoms with Crippen LogP contribution in [0.3, 0.4) is 0 Å². The molecule has 0 saturated carbocycles. The number of aromatic nitrogens is 1. The van der Waals surface area contributed by atoms with Gasteiger partial charge in [-0.15, -0.1) is 11.3 Å². The van der Waals surface area contributed by atoms with Gasteiger partial charge in [-0.05, 0) is 23.8 Å². The number of nitrogens with one attached hydrogen (secondary N) is 2. The van der Waals surface area contributed by atoms with Crippen molar-refractivity contribution in [3.8, 4) is 0 Å². The highest BCUT2D eigenvalue weighted by Gasteiger charge is 2.13. The van der Waals surface area contributed by atoms with Crippen molar-refractivity contribution in [1.82, 2.24) is 4.98 Å². The van der Waals surface area contributed by atoms with E-state index in [9.17, 15) is 9.59 Å². The number of amides is 2. The van der Waals surface area contributed by atoms with E-state index in [0.717, 1.165) is 5.56 Å². The Labute approximate surface area is 149 Å². The summed E-state index contributed by atoms with van der Waals surface area (Å²) in [4.78, 5) is 28.5. The molecule has 0 spiro atoms. The molecule has 0 aliphatic heterocycles. The highest BCUT2D eigenvalue weighted by molar-refractivity contribution is 7.13. The van der Waals surface area contributed by atoms with E-state index >= 15 is 0 Å². The van der Waals surface area contributed by atoms with Crippen molar-refractivity contribution in [1.29, 1.82) is 0 Å². The average molecular weight is 349 g/mol. The van der Waals surface area contributed by atoms with Crippen molar-refractivity contribution in [3.05, 3.63) is 83.4 Å². The zero-order chi connectivity index (χ0) is 17.5. The molecule has 5 nitrogen and oxygen atoms in total. The minimum Gasteiger partial charge on any atom is -0.322 e. The molecule has 2 amide bonds. The van der Waals surface area contributed by atoms with Crippen molar-refractivity contribution in [2.45, 2.75) is 0 Å². The number of benzene rings is 2. The maximum Gasteiger partial charge on any atom is 0.259 e. The Kier molecular flexibility index (Phi) is 5.33. The third-order valence-electron chi connectivity index (χ3n) is 3.31. The zero-order valence-corrected chi connectivity index (χ0v) is 14.0. The van der Waals surface area contributed by atoms with Gasteiger partial charge in [0.15, 0.2) is 5.13 Å².